The summed E-state index contributed by atoms with van der Waals surface area (Å²) in [5, 5.41) is 3.13. The molecule has 0 aromatic heterocycles. The molecule has 12 heavy (non-hydrogen) atoms. The van der Waals surface area contributed by atoms with E-state index in [0.29, 0.717) is 6.04 Å². The number of methoxy groups -OCH3 is 1. The Morgan fingerprint density at radius 1 is 1.75 bits per heavy atom. The van der Waals surface area contributed by atoms with Crippen molar-refractivity contribution in [2.75, 3.05) is 14.2 Å². The Balaban J connectivity index is 2.63. The number of carbonyl (C=O) groups excluding carboxylic acids is 1. The number of hydrogen-bond acceptors (Lipinski definition) is 3. The van der Waals surface area contributed by atoms with E-state index < -0.39 is 0 Å². The number of ether oxygens (including phenoxy) is 1. The van der Waals surface area contributed by atoms with Crippen LogP contribution in [0.3, 0.4) is 0 Å². The van der Waals surface area contributed by atoms with E-state index in [4.69, 9.17) is 0 Å². The molecule has 0 amide bonds. The first-order valence-corrected chi connectivity index (χ1v) is 4.24. The number of esters is 1. The number of nitrogens with one attached hydrogen (secondary N) is 1. The number of rotatable bonds is 2. The van der Waals surface area contributed by atoms with Crippen LogP contribution in [-0.2, 0) is 9.53 Å². The van der Waals surface area contributed by atoms with Crippen molar-refractivity contribution in [2.24, 2.45) is 0 Å². The van der Waals surface area contributed by atoms with Gasteiger partial charge in [0.1, 0.15) is 0 Å². The van der Waals surface area contributed by atoms with Crippen LogP contribution in [0.2, 0.25) is 0 Å². The van der Waals surface area contributed by atoms with Gasteiger partial charge in [-0.05, 0) is 26.3 Å². The first kappa shape index (κ1) is 9.26. The van der Waals surface area contributed by atoms with Gasteiger partial charge in [-0.3, -0.25) is 0 Å². The molecule has 0 aliphatic heterocycles. The first-order valence-electron chi connectivity index (χ1n) is 4.24. The summed E-state index contributed by atoms with van der Waals surface area (Å²) in [6.07, 6.45) is 4.99. The highest BCUT2D eigenvalue weighted by molar-refractivity contribution is 5.88. The summed E-state index contributed by atoms with van der Waals surface area (Å²) in [4.78, 5) is 11.1. The summed E-state index contributed by atoms with van der Waals surface area (Å²) in [6, 6.07) is 0.341. The van der Waals surface area contributed by atoms with Crippen LogP contribution in [0.4, 0.5) is 0 Å². The van der Waals surface area contributed by atoms with E-state index in [9.17, 15) is 4.79 Å². The molecule has 0 heterocycles. The van der Waals surface area contributed by atoms with Crippen LogP contribution in [0.15, 0.2) is 11.6 Å². The monoisotopic (exact) mass is 169 g/mol. The number of carbonyl (C=O) groups is 1. The van der Waals surface area contributed by atoms with E-state index in [1.54, 1.807) is 0 Å². The van der Waals surface area contributed by atoms with E-state index in [2.05, 4.69) is 10.1 Å². The molecule has 1 N–H and O–H groups in total. The molecule has 0 aromatic carbocycles. The highest BCUT2D eigenvalue weighted by atomic mass is 16.5. The van der Waals surface area contributed by atoms with E-state index in [0.717, 1.165) is 24.8 Å². The van der Waals surface area contributed by atoms with Crippen molar-refractivity contribution in [3.63, 3.8) is 0 Å². The van der Waals surface area contributed by atoms with Crippen LogP contribution >= 0.6 is 0 Å². The SMILES string of the molecule is CN[C@H]1C=C(C(=O)OC)CCC1. The molecule has 0 spiro atoms. The third kappa shape index (κ3) is 2.08. The molecule has 3 nitrogen and oxygen atoms in total. The Morgan fingerprint density at radius 2 is 2.50 bits per heavy atom. The lowest BCUT2D eigenvalue weighted by molar-refractivity contribution is -0.136. The largest absolute Gasteiger partial charge is 0.466 e. The van der Waals surface area contributed by atoms with Crippen LogP contribution in [0, 0.1) is 0 Å². The molecular weight excluding hydrogens is 154 g/mol. The van der Waals surface area contributed by atoms with Crippen LogP contribution < -0.4 is 5.32 Å². The molecule has 0 bridgehead atoms. The fourth-order valence-corrected chi connectivity index (χ4v) is 1.45. The third-order valence-electron chi connectivity index (χ3n) is 2.18. The lowest BCUT2D eigenvalue weighted by atomic mass is 9.96. The van der Waals surface area contributed by atoms with Gasteiger partial charge in [0.25, 0.3) is 0 Å². The number of hydrogen-bond donors (Lipinski definition) is 1. The zero-order valence-electron chi connectivity index (χ0n) is 7.59. The van der Waals surface area contributed by atoms with Gasteiger partial charge in [-0.1, -0.05) is 6.08 Å². The first-order chi connectivity index (χ1) is 5.77. The van der Waals surface area contributed by atoms with E-state index in [1.165, 1.54) is 7.11 Å². The molecule has 0 aromatic rings. The molecule has 3 heteroatoms. The maximum Gasteiger partial charge on any atom is 0.333 e. The van der Waals surface area contributed by atoms with Gasteiger partial charge < -0.3 is 10.1 Å². The Labute approximate surface area is 72.8 Å². The second-order valence-corrected chi connectivity index (χ2v) is 2.97. The molecule has 1 aliphatic rings. The van der Waals surface area contributed by atoms with Crippen LogP contribution in [-0.4, -0.2) is 26.2 Å². The minimum Gasteiger partial charge on any atom is -0.466 e. The molecule has 0 saturated carbocycles. The summed E-state index contributed by atoms with van der Waals surface area (Å²) in [6.45, 7) is 0. The average Bonchev–Trinajstić information content (AvgIpc) is 2.17. The minimum atomic E-state index is -0.185. The van der Waals surface area contributed by atoms with Crippen LogP contribution in [0.5, 0.6) is 0 Å². The Morgan fingerprint density at radius 3 is 3.08 bits per heavy atom. The topological polar surface area (TPSA) is 38.3 Å². The Bertz CT molecular complexity index is 199. The van der Waals surface area contributed by atoms with Gasteiger partial charge in [-0.2, -0.15) is 0 Å². The van der Waals surface area contributed by atoms with Gasteiger partial charge >= 0.3 is 5.97 Å². The molecule has 0 radical (unpaired) electrons. The fourth-order valence-electron chi connectivity index (χ4n) is 1.45. The molecule has 68 valence electrons. The average molecular weight is 169 g/mol. The van der Waals surface area contributed by atoms with E-state index in [-0.39, 0.29) is 5.97 Å². The third-order valence-corrected chi connectivity index (χ3v) is 2.18. The summed E-state index contributed by atoms with van der Waals surface area (Å²) >= 11 is 0. The maximum atomic E-state index is 11.1. The smallest absolute Gasteiger partial charge is 0.333 e. The Hall–Kier alpha value is -0.830. The summed E-state index contributed by atoms with van der Waals surface area (Å²) in [5.41, 5.74) is 0.808. The van der Waals surface area contributed by atoms with Crippen molar-refractivity contribution >= 4 is 5.97 Å². The predicted molar refractivity (Wildman–Crippen MR) is 46.8 cm³/mol. The van der Waals surface area contributed by atoms with E-state index >= 15 is 0 Å². The lowest BCUT2D eigenvalue weighted by Gasteiger charge is -2.18. The van der Waals surface area contributed by atoms with Crippen molar-refractivity contribution in [3.05, 3.63) is 11.6 Å². The predicted octanol–water partition coefficient (Wildman–Crippen LogP) is 0.858. The lowest BCUT2D eigenvalue weighted by Crippen LogP contribution is -2.27. The Kier molecular flexibility index (Phi) is 3.29. The van der Waals surface area contributed by atoms with Crippen molar-refractivity contribution < 1.29 is 9.53 Å². The summed E-state index contributed by atoms with van der Waals surface area (Å²) in [5.74, 6) is -0.185. The number of likely N-dealkylation sites (N-methyl/N-ethyl adjacent to an activating group) is 1. The van der Waals surface area contributed by atoms with Crippen molar-refractivity contribution in [1.82, 2.24) is 5.32 Å². The molecule has 0 unspecified atom stereocenters. The molecule has 0 saturated heterocycles. The van der Waals surface area contributed by atoms with Crippen LogP contribution in [0.25, 0.3) is 0 Å². The summed E-state index contributed by atoms with van der Waals surface area (Å²) in [7, 11) is 3.33. The molecule has 1 aliphatic carbocycles. The minimum absolute atomic E-state index is 0.185. The van der Waals surface area contributed by atoms with Crippen molar-refractivity contribution in [2.45, 2.75) is 25.3 Å². The second-order valence-electron chi connectivity index (χ2n) is 2.97. The highest BCUT2D eigenvalue weighted by Gasteiger charge is 2.17. The zero-order chi connectivity index (χ0) is 8.97. The van der Waals surface area contributed by atoms with Gasteiger partial charge in [0.2, 0.25) is 0 Å². The van der Waals surface area contributed by atoms with Crippen molar-refractivity contribution in [3.8, 4) is 0 Å². The fraction of sp³-hybridized carbons (Fsp3) is 0.667. The molecule has 1 rings (SSSR count). The van der Waals surface area contributed by atoms with Crippen LogP contribution in [0.1, 0.15) is 19.3 Å². The summed E-state index contributed by atoms with van der Waals surface area (Å²) < 4.78 is 4.65. The van der Waals surface area contributed by atoms with Gasteiger partial charge in [-0.15, -0.1) is 0 Å². The van der Waals surface area contributed by atoms with E-state index in [1.807, 2.05) is 13.1 Å². The quantitative estimate of drug-likeness (QED) is 0.623. The molecular formula is C9H15NO2. The van der Waals surface area contributed by atoms with Gasteiger partial charge in [-0.25, -0.2) is 4.79 Å². The second kappa shape index (κ2) is 4.26. The van der Waals surface area contributed by atoms with Gasteiger partial charge in [0.15, 0.2) is 0 Å². The maximum absolute atomic E-state index is 11.1. The standard InChI is InChI=1S/C9H15NO2/c1-10-8-5-3-4-7(6-8)9(11)12-2/h6,8,10H,3-5H2,1-2H3/t8-/m1/s1. The molecule has 1 atom stereocenters. The highest BCUT2D eigenvalue weighted by Crippen LogP contribution is 2.18. The zero-order valence-corrected chi connectivity index (χ0v) is 7.59. The normalized spacial score (nSPS) is 23.2. The van der Waals surface area contributed by atoms with Gasteiger partial charge in [0.05, 0.1) is 7.11 Å². The molecule has 0 fully saturated rings. The van der Waals surface area contributed by atoms with Crippen molar-refractivity contribution in [1.29, 1.82) is 0 Å². The van der Waals surface area contributed by atoms with Gasteiger partial charge in [0, 0.05) is 11.6 Å².